The van der Waals surface area contributed by atoms with Gasteiger partial charge < -0.3 is 15.3 Å². The topological polar surface area (TPSA) is 86.7 Å². The molecule has 7 heteroatoms. The number of hydrogen-bond donors (Lipinski definition) is 2. The minimum Gasteiger partial charge on any atom is -0.481 e. The van der Waals surface area contributed by atoms with Gasteiger partial charge in [-0.15, -0.1) is 11.3 Å². The van der Waals surface area contributed by atoms with Crippen molar-refractivity contribution in [2.24, 2.45) is 11.3 Å². The second-order valence-corrected chi connectivity index (χ2v) is 7.39. The molecule has 0 aromatic carbocycles. The highest BCUT2D eigenvalue weighted by atomic mass is 32.1. The van der Waals surface area contributed by atoms with Gasteiger partial charge in [0.2, 0.25) is 5.91 Å². The van der Waals surface area contributed by atoms with Crippen LogP contribution in [0.5, 0.6) is 0 Å². The molecular weight excluding hydrogens is 316 g/mol. The molecule has 3 atom stereocenters. The van der Waals surface area contributed by atoms with E-state index in [1.165, 1.54) is 11.3 Å². The van der Waals surface area contributed by atoms with Gasteiger partial charge in [-0.3, -0.25) is 14.4 Å². The van der Waals surface area contributed by atoms with Crippen LogP contribution in [0.3, 0.4) is 0 Å². The number of carboxylic acids is 1. The first-order chi connectivity index (χ1) is 10.9. The van der Waals surface area contributed by atoms with Gasteiger partial charge in [0, 0.05) is 13.1 Å². The third-order valence-corrected chi connectivity index (χ3v) is 5.94. The maximum Gasteiger partial charge on any atom is 0.311 e. The lowest BCUT2D eigenvalue weighted by atomic mass is 9.81. The maximum atomic E-state index is 12.6. The van der Waals surface area contributed by atoms with Gasteiger partial charge in [-0.05, 0) is 37.1 Å². The van der Waals surface area contributed by atoms with Crippen LogP contribution in [0.2, 0.25) is 0 Å². The van der Waals surface area contributed by atoms with E-state index < -0.39 is 17.4 Å². The molecule has 2 heterocycles. The molecule has 6 nitrogen and oxygen atoms in total. The zero-order valence-corrected chi connectivity index (χ0v) is 13.8. The number of hydrogen-bond acceptors (Lipinski definition) is 4. The van der Waals surface area contributed by atoms with E-state index in [1.54, 1.807) is 29.3 Å². The Morgan fingerprint density at radius 2 is 2.26 bits per heavy atom. The highest BCUT2D eigenvalue weighted by molar-refractivity contribution is 7.12. The molecular formula is C16H20N2O4S. The number of likely N-dealkylation sites (tertiary alicyclic amines) is 1. The van der Waals surface area contributed by atoms with Crippen molar-refractivity contribution in [3.05, 3.63) is 22.4 Å². The number of nitrogens with zero attached hydrogens (tertiary/aromatic N) is 1. The largest absolute Gasteiger partial charge is 0.481 e. The maximum absolute atomic E-state index is 12.6. The molecule has 0 bridgehead atoms. The Morgan fingerprint density at radius 1 is 1.48 bits per heavy atom. The van der Waals surface area contributed by atoms with Crippen molar-refractivity contribution >= 4 is 29.1 Å². The fourth-order valence-electron chi connectivity index (χ4n) is 3.82. The number of carbonyl (C=O) groups is 3. The van der Waals surface area contributed by atoms with Crippen LogP contribution in [0.25, 0.3) is 0 Å². The lowest BCUT2D eigenvalue weighted by Crippen LogP contribution is -2.47. The van der Waals surface area contributed by atoms with E-state index in [9.17, 15) is 19.5 Å². The lowest BCUT2D eigenvalue weighted by Gasteiger charge is -2.25. The average molecular weight is 336 g/mol. The van der Waals surface area contributed by atoms with Gasteiger partial charge in [0.05, 0.1) is 10.3 Å². The summed E-state index contributed by atoms with van der Waals surface area (Å²) in [5, 5.41) is 14.1. The van der Waals surface area contributed by atoms with Crippen molar-refractivity contribution in [3.63, 3.8) is 0 Å². The number of carbonyl (C=O) groups excluding carboxylic acids is 2. The van der Waals surface area contributed by atoms with Crippen LogP contribution in [-0.2, 0) is 9.59 Å². The summed E-state index contributed by atoms with van der Waals surface area (Å²) in [7, 11) is 0. The average Bonchev–Trinajstić information content (AvgIpc) is 3.21. The van der Waals surface area contributed by atoms with E-state index in [1.807, 2.05) is 0 Å². The smallest absolute Gasteiger partial charge is 0.311 e. The first-order valence-corrected chi connectivity index (χ1v) is 8.68. The zero-order chi connectivity index (χ0) is 16.6. The number of amides is 2. The molecule has 1 unspecified atom stereocenters. The third-order valence-electron chi connectivity index (χ3n) is 5.07. The van der Waals surface area contributed by atoms with Gasteiger partial charge in [0.15, 0.2) is 0 Å². The van der Waals surface area contributed by atoms with Gasteiger partial charge >= 0.3 is 5.97 Å². The molecule has 0 radical (unpaired) electrons. The predicted molar refractivity (Wildman–Crippen MR) is 85.2 cm³/mol. The van der Waals surface area contributed by atoms with E-state index in [0.717, 1.165) is 12.8 Å². The summed E-state index contributed by atoms with van der Waals surface area (Å²) < 4.78 is 0. The minimum absolute atomic E-state index is 0.0316. The third kappa shape index (κ3) is 2.73. The van der Waals surface area contributed by atoms with Gasteiger partial charge in [0.1, 0.15) is 6.04 Å². The molecule has 124 valence electrons. The number of fused-ring (bicyclic) bond motifs is 1. The second kappa shape index (κ2) is 5.96. The lowest BCUT2D eigenvalue weighted by molar-refractivity contribution is -0.149. The second-order valence-electron chi connectivity index (χ2n) is 6.44. The Morgan fingerprint density at radius 3 is 2.87 bits per heavy atom. The summed E-state index contributed by atoms with van der Waals surface area (Å²) in [6.07, 6.45) is 2.39. The Bertz CT molecular complexity index is 630. The van der Waals surface area contributed by atoms with Crippen molar-refractivity contribution in [2.45, 2.75) is 32.2 Å². The fraction of sp³-hybridized carbons (Fsp3) is 0.562. The summed E-state index contributed by atoms with van der Waals surface area (Å²) in [5.74, 6) is -1.24. The van der Waals surface area contributed by atoms with Crippen LogP contribution in [0, 0.1) is 11.3 Å². The van der Waals surface area contributed by atoms with Crippen molar-refractivity contribution in [1.29, 1.82) is 0 Å². The van der Waals surface area contributed by atoms with Crippen molar-refractivity contribution < 1.29 is 19.5 Å². The van der Waals surface area contributed by atoms with Crippen LogP contribution >= 0.6 is 11.3 Å². The number of aliphatic carboxylic acids is 1. The standard InChI is InChI=1S/C16H20N2O4S/c1-10(17-13(19)12-5-3-7-23-12)14(20)18-8-11-4-2-6-16(11,9-18)15(21)22/h3,5,7,10-11H,2,4,6,8-9H2,1H3,(H,17,19)(H,21,22)/t10?,11-,16+/m0/s1. The van der Waals surface area contributed by atoms with Gasteiger partial charge in [-0.1, -0.05) is 12.5 Å². The van der Waals surface area contributed by atoms with Crippen molar-refractivity contribution in [1.82, 2.24) is 10.2 Å². The minimum atomic E-state index is -0.800. The normalized spacial score (nSPS) is 27.5. The van der Waals surface area contributed by atoms with Gasteiger partial charge in [-0.2, -0.15) is 0 Å². The van der Waals surface area contributed by atoms with E-state index in [4.69, 9.17) is 0 Å². The summed E-state index contributed by atoms with van der Waals surface area (Å²) in [5.41, 5.74) is -0.785. The van der Waals surface area contributed by atoms with Crippen LogP contribution in [0.15, 0.2) is 17.5 Å². The summed E-state index contributed by atoms with van der Waals surface area (Å²) in [6, 6.07) is 2.83. The van der Waals surface area contributed by atoms with E-state index in [-0.39, 0.29) is 24.3 Å². The highest BCUT2D eigenvalue weighted by Gasteiger charge is 2.56. The Labute approximate surface area is 138 Å². The summed E-state index contributed by atoms with van der Waals surface area (Å²) >= 11 is 1.32. The molecule has 3 rings (SSSR count). The quantitative estimate of drug-likeness (QED) is 0.874. The molecule has 1 aliphatic heterocycles. The van der Waals surface area contributed by atoms with E-state index in [2.05, 4.69) is 5.32 Å². The molecule has 1 saturated heterocycles. The van der Waals surface area contributed by atoms with Gasteiger partial charge in [0.25, 0.3) is 5.91 Å². The Kier molecular flexibility index (Phi) is 4.14. The number of carboxylic acid groups (broad SMARTS) is 1. The molecule has 1 saturated carbocycles. The number of thiophene rings is 1. The molecule has 1 aromatic heterocycles. The monoisotopic (exact) mass is 336 g/mol. The molecule has 1 aromatic rings. The summed E-state index contributed by atoms with van der Waals surface area (Å²) in [6.45, 7) is 2.38. The van der Waals surface area contributed by atoms with Crippen LogP contribution in [0.1, 0.15) is 35.9 Å². The molecule has 23 heavy (non-hydrogen) atoms. The Hall–Kier alpha value is -1.89. The molecule has 1 aliphatic carbocycles. The molecule has 2 fully saturated rings. The van der Waals surface area contributed by atoms with Crippen LogP contribution in [0.4, 0.5) is 0 Å². The summed E-state index contributed by atoms with van der Waals surface area (Å²) in [4.78, 5) is 38.4. The molecule has 2 N–H and O–H groups in total. The number of rotatable bonds is 4. The van der Waals surface area contributed by atoms with Crippen LogP contribution in [-0.4, -0.2) is 46.9 Å². The zero-order valence-electron chi connectivity index (χ0n) is 12.9. The fourth-order valence-corrected chi connectivity index (χ4v) is 4.44. The van der Waals surface area contributed by atoms with E-state index >= 15 is 0 Å². The highest BCUT2D eigenvalue weighted by Crippen LogP contribution is 2.48. The Balaban J connectivity index is 1.65. The molecule has 0 spiro atoms. The first-order valence-electron chi connectivity index (χ1n) is 7.80. The van der Waals surface area contributed by atoms with Gasteiger partial charge in [-0.25, -0.2) is 0 Å². The van der Waals surface area contributed by atoms with Crippen LogP contribution < -0.4 is 5.32 Å². The first kappa shape index (κ1) is 16.0. The van der Waals surface area contributed by atoms with E-state index in [0.29, 0.717) is 17.8 Å². The van der Waals surface area contributed by atoms with Crippen molar-refractivity contribution in [2.75, 3.05) is 13.1 Å². The SMILES string of the molecule is CC(NC(=O)c1cccs1)C(=O)N1C[C@@H]2CCC[C@@]2(C(=O)O)C1. The molecule has 2 amide bonds. The predicted octanol–water partition coefficient (Wildman–Crippen LogP) is 1.58. The van der Waals surface area contributed by atoms with Crippen molar-refractivity contribution in [3.8, 4) is 0 Å². The molecule has 2 aliphatic rings. The number of nitrogens with one attached hydrogen (secondary N) is 1.